The Morgan fingerprint density at radius 1 is 0.647 bits per heavy atom. The van der Waals surface area contributed by atoms with Gasteiger partial charge in [-0.05, 0) is 12.1 Å². The lowest BCUT2D eigenvalue weighted by Gasteiger charge is -2.41. The summed E-state index contributed by atoms with van der Waals surface area (Å²) in [6.07, 6.45) is 0.402. The third-order valence-electron chi connectivity index (χ3n) is 3.48. The van der Waals surface area contributed by atoms with Gasteiger partial charge in [0.1, 0.15) is 12.3 Å². The molecule has 2 aliphatic heterocycles. The first kappa shape index (κ1) is 9.07. The first-order chi connectivity index (χ1) is 8.42. The normalized spacial score (nSPS) is 24.0. The minimum Gasteiger partial charge on any atom is -0.366 e. The van der Waals surface area contributed by atoms with Crippen LogP contribution in [0.15, 0.2) is 48.5 Å². The van der Waals surface area contributed by atoms with E-state index >= 15 is 0 Å². The molecule has 0 unspecified atom stereocenters. The maximum atomic E-state index is 3.54. The molecule has 2 aromatic carbocycles. The van der Waals surface area contributed by atoms with Crippen molar-refractivity contribution < 1.29 is 0 Å². The number of hydrogen-bond acceptors (Lipinski definition) is 3. The molecule has 4 rings (SSSR count). The van der Waals surface area contributed by atoms with Gasteiger partial charge in [-0.25, -0.2) is 0 Å². The monoisotopic (exact) mass is 223 g/mol. The number of para-hydroxylation sites is 2. The number of fused-ring (bicyclic) bond motifs is 6. The van der Waals surface area contributed by atoms with Crippen molar-refractivity contribution in [3.63, 3.8) is 0 Å². The molecule has 2 atom stereocenters. The molecular weight excluding hydrogens is 210 g/mol. The second kappa shape index (κ2) is 3.25. The molecule has 0 radical (unpaired) electrons. The fourth-order valence-corrected chi connectivity index (χ4v) is 2.66. The fourth-order valence-electron chi connectivity index (χ4n) is 2.66. The fraction of sp³-hybridized carbons (Fsp3) is 0.143. The number of rotatable bonds is 0. The van der Waals surface area contributed by atoms with Crippen molar-refractivity contribution in [3.05, 3.63) is 59.7 Å². The first-order valence-electron chi connectivity index (χ1n) is 5.89. The molecule has 84 valence electrons. The quantitative estimate of drug-likeness (QED) is 0.642. The topological polar surface area (TPSA) is 36.1 Å². The Hall–Kier alpha value is -2.00. The van der Waals surface area contributed by atoms with Crippen LogP contribution in [-0.2, 0) is 0 Å². The van der Waals surface area contributed by atoms with Gasteiger partial charge in [-0.3, -0.25) is 5.32 Å². The number of anilines is 2. The molecule has 3 N–H and O–H groups in total. The highest BCUT2D eigenvalue weighted by Gasteiger charge is 2.31. The van der Waals surface area contributed by atoms with Crippen LogP contribution >= 0.6 is 0 Å². The summed E-state index contributed by atoms with van der Waals surface area (Å²) in [5.41, 5.74) is 4.98. The van der Waals surface area contributed by atoms with Crippen molar-refractivity contribution >= 4 is 11.4 Å². The van der Waals surface area contributed by atoms with Crippen LogP contribution in [-0.4, -0.2) is 0 Å². The van der Waals surface area contributed by atoms with Crippen LogP contribution in [0.3, 0.4) is 0 Å². The molecule has 3 nitrogen and oxygen atoms in total. The molecule has 0 amide bonds. The molecular formula is C14H13N3. The van der Waals surface area contributed by atoms with Gasteiger partial charge in [-0.15, -0.1) is 0 Å². The van der Waals surface area contributed by atoms with E-state index in [4.69, 9.17) is 0 Å². The summed E-state index contributed by atoms with van der Waals surface area (Å²) < 4.78 is 0. The number of hydrogen-bond donors (Lipinski definition) is 3. The van der Waals surface area contributed by atoms with Gasteiger partial charge in [-0.1, -0.05) is 36.4 Å². The summed E-state index contributed by atoms with van der Waals surface area (Å²) in [6, 6.07) is 16.8. The van der Waals surface area contributed by atoms with Gasteiger partial charge in [0, 0.05) is 22.5 Å². The molecule has 2 aromatic rings. The van der Waals surface area contributed by atoms with Crippen LogP contribution in [0.1, 0.15) is 23.5 Å². The Balaban J connectivity index is 1.86. The maximum Gasteiger partial charge on any atom is 0.107 e. The lowest BCUT2D eigenvalue weighted by atomic mass is 9.98. The smallest absolute Gasteiger partial charge is 0.107 e. The molecule has 3 heteroatoms. The zero-order valence-corrected chi connectivity index (χ0v) is 9.27. The van der Waals surface area contributed by atoms with Crippen molar-refractivity contribution in [1.82, 2.24) is 5.32 Å². The molecule has 2 bridgehead atoms. The zero-order chi connectivity index (χ0) is 11.2. The highest BCUT2D eigenvalue weighted by atomic mass is 15.3. The molecule has 2 aliphatic rings. The summed E-state index contributed by atoms with van der Waals surface area (Å²) in [6.45, 7) is 0. The number of benzene rings is 2. The van der Waals surface area contributed by atoms with Crippen molar-refractivity contribution in [2.24, 2.45) is 0 Å². The van der Waals surface area contributed by atoms with Gasteiger partial charge in [0.15, 0.2) is 0 Å². The first-order valence-corrected chi connectivity index (χ1v) is 5.89. The average molecular weight is 223 g/mol. The van der Waals surface area contributed by atoms with Gasteiger partial charge in [0.05, 0.1) is 0 Å². The predicted molar refractivity (Wildman–Crippen MR) is 68.7 cm³/mol. The third kappa shape index (κ3) is 1.26. The van der Waals surface area contributed by atoms with Crippen molar-refractivity contribution in [3.8, 4) is 0 Å². The standard InChI is InChI=1S/C14H13N3/c1-3-7-11-9(5-1)13-16-12-8-4-2-6-10(12)14(15-11)17-13/h1-8,13-17H/t13-,14-/m0/s1. The summed E-state index contributed by atoms with van der Waals surface area (Å²) >= 11 is 0. The van der Waals surface area contributed by atoms with Gasteiger partial charge in [-0.2, -0.15) is 0 Å². The van der Waals surface area contributed by atoms with Gasteiger partial charge in [0.25, 0.3) is 0 Å². The van der Waals surface area contributed by atoms with Crippen LogP contribution in [0.4, 0.5) is 11.4 Å². The minimum atomic E-state index is 0.201. The van der Waals surface area contributed by atoms with Crippen molar-refractivity contribution in [2.45, 2.75) is 12.3 Å². The largest absolute Gasteiger partial charge is 0.366 e. The van der Waals surface area contributed by atoms with Gasteiger partial charge >= 0.3 is 0 Å². The van der Waals surface area contributed by atoms with E-state index in [0.717, 1.165) is 0 Å². The third-order valence-corrected chi connectivity index (χ3v) is 3.48. The Morgan fingerprint density at radius 3 is 1.65 bits per heavy atom. The molecule has 0 fully saturated rings. The molecule has 0 saturated carbocycles. The van der Waals surface area contributed by atoms with Gasteiger partial charge in [0.2, 0.25) is 0 Å². The lowest BCUT2D eigenvalue weighted by Crippen LogP contribution is -2.43. The Bertz CT molecular complexity index is 528. The molecule has 17 heavy (non-hydrogen) atoms. The highest BCUT2D eigenvalue weighted by molar-refractivity contribution is 5.65. The van der Waals surface area contributed by atoms with E-state index < -0.39 is 0 Å². The van der Waals surface area contributed by atoms with E-state index in [1.165, 1.54) is 22.5 Å². The summed E-state index contributed by atoms with van der Waals surface area (Å²) in [5, 5.41) is 10.6. The molecule has 0 spiro atoms. The Kier molecular flexibility index (Phi) is 1.73. The van der Waals surface area contributed by atoms with Crippen LogP contribution < -0.4 is 16.0 Å². The maximum absolute atomic E-state index is 3.54. The Labute approximate surface area is 99.9 Å². The SMILES string of the molecule is c1ccc2c(c1)N[C@H]1N[C@@H]2Nc2ccccc21. The van der Waals surface area contributed by atoms with E-state index in [9.17, 15) is 0 Å². The molecule has 0 aromatic heterocycles. The lowest BCUT2D eigenvalue weighted by molar-refractivity contribution is 0.474. The van der Waals surface area contributed by atoms with Crippen LogP contribution in [0.2, 0.25) is 0 Å². The molecule has 2 heterocycles. The van der Waals surface area contributed by atoms with E-state index in [2.05, 4.69) is 64.5 Å². The Morgan fingerprint density at radius 2 is 1.12 bits per heavy atom. The van der Waals surface area contributed by atoms with Gasteiger partial charge < -0.3 is 10.6 Å². The van der Waals surface area contributed by atoms with Crippen LogP contribution in [0.25, 0.3) is 0 Å². The zero-order valence-electron chi connectivity index (χ0n) is 9.27. The predicted octanol–water partition coefficient (Wildman–Crippen LogP) is 2.82. The summed E-state index contributed by atoms with van der Waals surface area (Å²) in [7, 11) is 0. The second-order valence-corrected chi connectivity index (χ2v) is 4.50. The van der Waals surface area contributed by atoms with Crippen LogP contribution in [0, 0.1) is 0 Å². The second-order valence-electron chi connectivity index (χ2n) is 4.50. The number of nitrogens with one attached hydrogen (secondary N) is 3. The van der Waals surface area contributed by atoms with Crippen molar-refractivity contribution in [1.29, 1.82) is 0 Å². The van der Waals surface area contributed by atoms with E-state index in [0.29, 0.717) is 0 Å². The highest BCUT2D eigenvalue weighted by Crippen LogP contribution is 2.39. The molecule has 0 aliphatic carbocycles. The summed E-state index contributed by atoms with van der Waals surface area (Å²) in [5.74, 6) is 0. The van der Waals surface area contributed by atoms with E-state index in [-0.39, 0.29) is 12.3 Å². The average Bonchev–Trinajstić information content (AvgIpc) is 2.39. The minimum absolute atomic E-state index is 0.201. The molecule has 0 saturated heterocycles. The van der Waals surface area contributed by atoms with E-state index in [1.807, 2.05) is 0 Å². The van der Waals surface area contributed by atoms with Crippen molar-refractivity contribution in [2.75, 3.05) is 10.6 Å². The van der Waals surface area contributed by atoms with E-state index in [1.54, 1.807) is 0 Å². The summed E-state index contributed by atoms with van der Waals surface area (Å²) in [4.78, 5) is 0. The van der Waals surface area contributed by atoms with Crippen LogP contribution in [0.5, 0.6) is 0 Å².